The Bertz CT molecular complexity index is 1130. The lowest BCUT2D eigenvalue weighted by Crippen LogP contribution is -2.51. The molecular weight excluding hydrogens is 483 g/mol. The second-order valence-corrected chi connectivity index (χ2v) is 11.2. The maximum atomic E-state index is 13.0. The molecule has 1 aliphatic heterocycles. The number of hydrogen-bond acceptors (Lipinski definition) is 6. The van der Waals surface area contributed by atoms with E-state index >= 15 is 0 Å². The van der Waals surface area contributed by atoms with Crippen molar-refractivity contribution < 1.29 is 31.1 Å². The minimum absolute atomic E-state index is 0.0502. The lowest BCUT2D eigenvalue weighted by Gasteiger charge is -2.36. The van der Waals surface area contributed by atoms with E-state index in [4.69, 9.17) is 16.3 Å². The molecule has 0 unspecified atom stereocenters. The highest BCUT2D eigenvalue weighted by Gasteiger charge is 2.34. The molecular formula is C20H24ClFN2O6S2. The Labute approximate surface area is 191 Å². The quantitative estimate of drug-likeness (QED) is 0.478. The second kappa shape index (κ2) is 10.6. The lowest BCUT2D eigenvalue weighted by molar-refractivity contribution is -0.0869. The fourth-order valence-electron chi connectivity index (χ4n) is 3.46. The Morgan fingerprint density at radius 3 is 2.38 bits per heavy atom. The molecule has 12 heteroatoms. The first kappa shape index (κ1) is 25.0. The zero-order chi connectivity index (χ0) is 23.4. The number of rotatable bonds is 9. The minimum atomic E-state index is -3.91. The van der Waals surface area contributed by atoms with Crippen LogP contribution < -0.4 is 9.44 Å². The topological polar surface area (TPSA) is 122 Å². The number of benzene rings is 2. The molecule has 0 spiro atoms. The maximum absolute atomic E-state index is 13.0. The highest BCUT2D eigenvalue weighted by Crippen LogP contribution is 2.25. The lowest BCUT2D eigenvalue weighted by atomic mass is 9.98. The van der Waals surface area contributed by atoms with E-state index in [1.807, 2.05) is 0 Å². The number of hydrogen-bond donors (Lipinski definition) is 3. The van der Waals surface area contributed by atoms with Crippen LogP contribution in [0.3, 0.4) is 0 Å². The van der Waals surface area contributed by atoms with Gasteiger partial charge in [-0.15, -0.1) is 0 Å². The molecule has 32 heavy (non-hydrogen) atoms. The highest BCUT2D eigenvalue weighted by molar-refractivity contribution is 7.89. The normalized spacial score (nSPS) is 22.0. The van der Waals surface area contributed by atoms with Crippen molar-refractivity contribution in [3.63, 3.8) is 0 Å². The summed E-state index contributed by atoms with van der Waals surface area (Å²) in [6, 6.07) is 9.86. The van der Waals surface area contributed by atoms with E-state index in [1.165, 1.54) is 24.3 Å². The van der Waals surface area contributed by atoms with Crippen LogP contribution >= 0.6 is 11.6 Å². The van der Waals surface area contributed by atoms with Gasteiger partial charge in [0.15, 0.2) is 0 Å². The molecule has 3 N–H and O–H groups in total. The number of ether oxygens (including phenoxy) is 1. The van der Waals surface area contributed by atoms with Crippen molar-refractivity contribution in [2.45, 2.75) is 47.3 Å². The summed E-state index contributed by atoms with van der Waals surface area (Å²) in [6.07, 6.45) is 0.0132. The average molecular weight is 507 g/mol. The second-order valence-electron chi connectivity index (χ2n) is 7.36. The molecule has 3 atom stereocenters. The SMILES string of the molecule is O=S(=O)(NCC[C@H]1CC[C@H](NS(=O)(=O)c2ccccc2Cl)[C@@H](CO)O1)c1ccc(F)cc1. The molecule has 1 fully saturated rings. The number of sulfonamides is 2. The summed E-state index contributed by atoms with van der Waals surface area (Å²) in [7, 11) is -7.70. The van der Waals surface area contributed by atoms with Crippen molar-refractivity contribution in [3.8, 4) is 0 Å². The molecule has 0 amide bonds. The first-order chi connectivity index (χ1) is 15.1. The summed E-state index contributed by atoms with van der Waals surface area (Å²) < 4.78 is 73.7. The van der Waals surface area contributed by atoms with Gasteiger partial charge in [-0.25, -0.2) is 30.7 Å². The van der Waals surface area contributed by atoms with E-state index in [1.54, 1.807) is 12.1 Å². The number of nitrogens with one attached hydrogen (secondary N) is 2. The molecule has 1 aliphatic rings. The molecule has 0 aliphatic carbocycles. The molecule has 0 radical (unpaired) electrons. The van der Waals surface area contributed by atoms with E-state index in [9.17, 15) is 26.3 Å². The predicted octanol–water partition coefficient (Wildman–Crippen LogP) is 2.03. The van der Waals surface area contributed by atoms with E-state index in [0.29, 0.717) is 19.3 Å². The van der Waals surface area contributed by atoms with Gasteiger partial charge in [0.1, 0.15) is 10.7 Å². The molecule has 2 aromatic carbocycles. The van der Waals surface area contributed by atoms with E-state index in [-0.39, 0.29) is 27.5 Å². The van der Waals surface area contributed by atoms with Crippen LogP contribution in [-0.2, 0) is 24.8 Å². The first-order valence-electron chi connectivity index (χ1n) is 9.91. The van der Waals surface area contributed by atoms with Crippen molar-refractivity contribution in [1.82, 2.24) is 9.44 Å². The van der Waals surface area contributed by atoms with Crippen molar-refractivity contribution in [3.05, 3.63) is 59.4 Å². The smallest absolute Gasteiger partial charge is 0.242 e. The molecule has 0 bridgehead atoms. The van der Waals surface area contributed by atoms with Gasteiger partial charge in [0.05, 0.1) is 34.8 Å². The molecule has 3 rings (SSSR count). The Morgan fingerprint density at radius 1 is 1.03 bits per heavy atom. The minimum Gasteiger partial charge on any atom is -0.394 e. The van der Waals surface area contributed by atoms with Crippen LogP contribution in [0.1, 0.15) is 19.3 Å². The molecule has 0 aromatic heterocycles. The van der Waals surface area contributed by atoms with E-state index < -0.39 is 44.6 Å². The Hall–Kier alpha value is -1.60. The Kier molecular flexibility index (Phi) is 8.26. The van der Waals surface area contributed by atoms with Crippen molar-refractivity contribution in [2.24, 2.45) is 0 Å². The first-order valence-corrected chi connectivity index (χ1v) is 13.3. The van der Waals surface area contributed by atoms with Gasteiger partial charge in [-0.3, -0.25) is 0 Å². The van der Waals surface area contributed by atoms with Gasteiger partial charge in [0.2, 0.25) is 20.0 Å². The van der Waals surface area contributed by atoms with Gasteiger partial charge in [-0.05, 0) is 55.7 Å². The molecule has 1 heterocycles. The van der Waals surface area contributed by atoms with Crippen LogP contribution in [0, 0.1) is 5.82 Å². The molecule has 2 aromatic rings. The van der Waals surface area contributed by atoms with E-state index in [0.717, 1.165) is 12.1 Å². The van der Waals surface area contributed by atoms with Gasteiger partial charge in [-0.2, -0.15) is 0 Å². The van der Waals surface area contributed by atoms with Crippen molar-refractivity contribution >= 4 is 31.6 Å². The predicted molar refractivity (Wildman–Crippen MR) is 117 cm³/mol. The van der Waals surface area contributed by atoms with Crippen LogP contribution in [-0.4, -0.2) is 53.3 Å². The number of halogens is 2. The third-order valence-corrected chi connectivity index (χ3v) is 8.58. The Morgan fingerprint density at radius 2 is 1.72 bits per heavy atom. The third kappa shape index (κ3) is 6.25. The van der Waals surface area contributed by atoms with Gasteiger partial charge < -0.3 is 9.84 Å². The van der Waals surface area contributed by atoms with Crippen LogP contribution in [0.15, 0.2) is 58.3 Å². The monoisotopic (exact) mass is 506 g/mol. The summed E-state index contributed by atoms with van der Waals surface area (Å²) >= 11 is 5.99. The van der Waals surface area contributed by atoms with Crippen LogP contribution in [0.25, 0.3) is 0 Å². The van der Waals surface area contributed by atoms with Crippen LogP contribution in [0.5, 0.6) is 0 Å². The van der Waals surface area contributed by atoms with Crippen LogP contribution in [0.2, 0.25) is 5.02 Å². The molecule has 8 nitrogen and oxygen atoms in total. The summed E-state index contributed by atoms with van der Waals surface area (Å²) in [5.74, 6) is -0.533. The Balaban J connectivity index is 1.55. The summed E-state index contributed by atoms with van der Waals surface area (Å²) in [5, 5.41) is 9.79. The average Bonchev–Trinajstić information content (AvgIpc) is 2.75. The van der Waals surface area contributed by atoms with Crippen molar-refractivity contribution in [2.75, 3.05) is 13.2 Å². The zero-order valence-corrected chi connectivity index (χ0v) is 19.3. The third-order valence-electron chi connectivity index (χ3n) is 5.11. The number of aliphatic hydroxyl groups excluding tert-OH is 1. The highest BCUT2D eigenvalue weighted by atomic mass is 35.5. The summed E-state index contributed by atoms with van der Waals surface area (Å²) in [4.78, 5) is -0.110. The van der Waals surface area contributed by atoms with Crippen LogP contribution in [0.4, 0.5) is 4.39 Å². The fraction of sp³-hybridized carbons (Fsp3) is 0.400. The fourth-order valence-corrected chi connectivity index (χ4v) is 6.32. The zero-order valence-electron chi connectivity index (χ0n) is 16.9. The summed E-state index contributed by atoms with van der Waals surface area (Å²) in [6.45, 7) is -0.341. The molecule has 176 valence electrons. The van der Waals surface area contributed by atoms with Gasteiger partial charge >= 0.3 is 0 Å². The van der Waals surface area contributed by atoms with Gasteiger partial charge in [0, 0.05) is 6.54 Å². The van der Waals surface area contributed by atoms with Gasteiger partial charge in [0.25, 0.3) is 0 Å². The molecule has 1 saturated heterocycles. The van der Waals surface area contributed by atoms with E-state index in [2.05, 4.69) is 9.44 Å². The van der Waals surface area contributed by atoms with Crippen molar-refractivity contribution in [1.29, 1.82) is 0 Å². The number of aliphatic hydroxyl groups is 1. The maximum Gasteiger partial charge on any atom is 0.242 e. The standard InChI is InChI=1S/C20H24ClFN2O6S2/c21-17-3-1-2-4-20(17)32(28,29)24-18-10-7-15(30-19(18)13-25)11-12-23-31(26,27)16-8-5-14(22)6-9-16/h1-6,8-9,15,18-19,23-25H,7,10-13H2/t15-,18+,19-/m1/s1. The largest absolute Gasteiger partial charge is 0.394 e. The summed E-state index contributed by atoms with van der Waals surface area (Å²) in [5.41, 5.74) is 0. The van der Waals surface area contributed by atoms with Gasteiger partial charge in [-0.1, -0.05) is 23.7 Å². The molecule has 0 saturated carbocycles.